The lowest BCUT2D eigenvalue weighted by atomic mass is 9.89. The van der Waals surface area contributed by atoms with Crippen LogP contribution in [0.1, 0.15) is 90.8 Å². The number of rotatable bonds is 17. The minimum Gasteiger partial charge on any atom is -0.494 e. The number of unbranched alkanes of at least 4 members (excludes halogenated alkanes) is 2. The second kappa shape index (κ2) is 18.6. The summed E-state index contributed by atoms with van der Waals surface area (Å²) < 4.78 is 17.3. The van der Waals surface area contributed by atoms with E-state index in [1.807, 2.05) is 26.0 Å². The Morgan fingerprint density at radius 2 is 1.61 bits per heavy atom. The van der Waals surface area contributed by atoms with Crippen molar-refractivity contribution in [2.75, 3.05) is 26.0 Å². The Morgan fingerprint density at radius 3 is 2.25 bits per heavy atom. The molecule has 0 fully saturated rings. The molecular weight excluding hydrogens is 465 g/mol. The molecule has 2 N–H and O–H groups in total. The average Bonchev–Trinajstić information content (AvgIpc) is 2.85. The molecule has 208 valence electrons. The van der Waals surface area contributed by atoms with Gasteiger partial charge in [0.05, 0.1) is 6.61 Å². The Balaban J connectivity index is 0. The quantitative estimate of drug-likeness (QED) is 0.161. The van der Waals surface area contributed by atoms with E-state index in [9.17, 15) is 9.46 Å². The van der Waals surface area contributed by atoms with Gasteiger partial charge in [0.1, 0.15) is 5.75 Å². The molecule has 0 aromatic heterocycles. The van der Waals surface area contributed by atoms with Crippen LogP contribution in [-0.2, 0) is 17.5 Å². The molecule has 4 nitrogen and oxygen atoms in total. The minimum atomic E-state index is -2.89. The van der Waals surface area contributed by atoms with Gasteiger partial charge < -0.3 is 14.9 Å². The van der Waals surface area contributed by atoms with Gasteiger partial charge >= 0.3 is 0 Å². The predicted molar refractivity (Wildman–Crippen MR) is 161 cm³/mol. The summed E-state index contributed by atoms with van der Waals surface area (Å²) >= 11 is 0. The van der Waals surface area contributed by atoms with Crippen LogP contribution in [0.25, 0.3) is 0 Å². The molecule has 0 saturated heterocycles. The Kier molecular flexibility index (Phi) is 16.8. The summed E-state index contributed by atoms with van der Waals surface area (Å²) in [4.78, 5) is 9.33. The zero-order valence-corrected chi connectivity index (χ0v) is 24.7. The summed E-state index contributed by atoms with van der Waals surface area (Å²) in [6.07, 6.45) is 9.76. The molecule has 0 aliphatic heterocycles. The van der Waals surface area contributed by atoms with Gasteiger partial charge in [-0.05, 0) is 86.4 Å². The van der Waals surface area contributed by atoms with Gasteiger partial charge in [0, 0.05) is 22.2 Å². The molecule has 0 bridgehead atoms. The Morgan fingerprint density at radius 1 is 0.944 bits per heavy atom. The molecular formula is C31H56NO3P. The molecule has 5 heteroatoms. The van der Waals surface area contributed by atoms with Crippen LogP contribution < -0.4 is 10.1 Å². The lowest BCUT2D eigenvalue weighted by Crippen LogP contribution is -2.15. The van der Waals surface area contributed by atoms with E-state index in [2.05, 4.69) is 56.4 Å². The lowest BCUT2D eigenvalue weighted by Gasteiger charge is -2.18. The Bertz CT molecular complexity index is 887. The average molecular weight is 522 g/mol. The third-order valence-electron chi connectivity index (χ3n) is 6.52. The van der Waals surface area contributed by atoms with Crippen LogP contribution in [-0.4, -0.2) is 30.9 Å². The zero-order chi connectivity index (χ0) is 26.8. The molecule has 0 radical (unpaired) electrons. The Hall–Kier alpha value is -1.61. The monoisotopic (exact) mass is 521 g/mol. The molecule has 0 saturated carbocycles. The van der Waals surface area contributed by atoms with E-state index in [0.717, 1.165) is 37.8 Å². The van der Waals surface area contributed by atoms with Gasteiger partial charge in [0.15, 0.2) is 7.37 Å². The third-order valence-corrected chi connectivity index (χ3v) is 7.66. The number of hydrogen-bond donors (Lipinski definition) is 2. The number of nitrogens with one attached hydrogen (secondary N) is 1. The first-order chi connectivity index (χ1) is 17.3. The molecule has 0 aliphatic rings. The highest BCUT2D eigenvalue weighted by Crippen LogP contribution is 2.35. The zero-order valence-electron chi connectivity index (χ0n) is 23.8. The molecule has 2 aromatic rings. The molecule has 2 aromatic carbocycles. The van der Waals surface area contributed by atoms with E-state index < -0.39 is 7.37 Å². The van der Waals surface area contributed by atoms with Crippen molar-refractivity contribution in [1.29, 1.82) is 0 Å². The van der Waals surface area contributed by atoms with Crippen molar-refractivity contribution in [2.45, 2.75) is 92.5 Å². The predicted octanol–water partition coefficient (Wildman–Crippen LogP) is 8.80. The van der Waals surface area contributed by atoms with Crippen molar-refractivity contribution in [1.82, 2.24) is 5.32 Å². The van der Waals surface area contributed by atoms with Crippen molar-refractivity contribution in [2.24, 2.45) is 5.92 Å². The van der Waals surface area contributed by atoms with Crippen LogP contribution in [0.15, 0.2) is 42.5 Å². The van der Waals surface area contributed by atoms with Crippen molar-refractivity contribution >= 4 is 7.37 Å². The molecule has 36 heavy (non-hydrogen) atoms. The maximum Gasteiger partial charge on any atom is 0.197 e. The molecule has 0 aliphatic carbocycles. The van der Waals surface area contributed by atoms with Crippen molar-refractivity contribution in [3.05, 3.63) is 64.7 Å². The topological polar surface area (TPSA) is 58.6 Å². The molecule has 0 spiro atoms. The normalized spacial score (nSPS) is 13.4. The van der Waals surface area contributed by atoms with E-state index >= 15 is 0 Å². The van der Waals surface area contributed by atoms with E-state index in [1.165, 1.54) is 67.4 Å². The number of aryl methyl sites for hydroxylation is 2. The molecule has 0 heterocycles. The number of hydrogen-bond acceptors (Lipinski definition) is 3. The maximum atomic E-state index is 11.3. The second-order valence-corrected chi connectivity index (χ2v) is 12.5. The number of ether oxygens (including phenoxy) is 1. The largest absolute Gasteiger partial charge is 0.494 e. The van der Waals surface area contributed by atoms with E-state index in [0.29, 0.717) is 12.6 Å². The van der Waals surface area contributed by atoms with Crippen LogP contribution in [0.4, 0.5) is 0 Å². The fourth-order valence-electron chi connectivity index (χ4n) is 4.29. The van der Waals surface area contributed by atoms with Crippen LogP contribution in [0.5, 0.6) is 5.75 Å². The SMILES string of the molecule is CC.CCCCCC(CCCOc1ccc(CNCCCP(C)(=O)O)cc1)Cc1ccc(C)c(C)c1.[HH].[HH]. The van der Waals surface area contributed by atoms with Gasteiger partial charge in [-0.1, -0.05) is 76.8 Å². The lowest BCUT2D eigenvalue weighted by molar-refractivity contribution is 0.286. The first-order valence-electron chi connectivity index (χ1n) is 14.0. The third kappa shape index (κ3) is 14.8. The summed E-state index contributed by atoms with van der Waals surface area (Å²) in [5, 5.41) is 3.33. The molecule has 0 amide bonds. The molecule has 2 rings (SSSR count). The van der Waals surface area contributed by atoms with Gasteiger partial charge in [-0.2, -0.15) is 0 Å². The van der Waals surface area contributed by atoms with E-state index in [4.69, 9.17) is 4.74 Å². The number of benzene rings is 2. The van der Waals surface area contributed by atoms with Crippen LogP contribution >= 0.6 is 7.37 Å². The minimum absolute atomic E-state index is 0. The van der Waals surface area contributed by atoms with Gasteiger partial charge in [0.2, 0.25) is 0 Å². The maximum absolute atomic E-state index is 11.3. The fourth-order valence-corrected chi connectivity index (χ4v) is 5.04. The summed E-state index contributed by atoms with van der Waals surface area (Å²) in [6.45, 7) is 14.4. The van der Waals surface area contributed by atoms with Crippen molar-refractivity contribution in [3.63, 3.8) is 0 Å². The van der Waals surface area contributed by atoms with Crippen molar-refractivity contribution < 1.29 is 17.0 Å². The standard InChI is InChI=1S/C29H46NO3P.C2H6.2H2/c1-5-6-7-10-26(22-28-13-12-24(2)25(3)21-28)11-8-19-33-29-16-14-27(15-17-29)23-30-18-9-20-34(4,31)32;1-2;;/h12-17,21,26,30H,5-11,18-20,22-23H2,1-4H3,(H,31,32);1-2H3;2*1H. The highest BCUT2D eigenvalue weighted by Gasteiger charge is 2.11. The molecule has 2 unspecified atom stereocenters. The summed E-state index contributed by atoms with van der Waals surface area (Å²) in [6, 6.07) is 15.2. The van der Waals surface area contributed by atoms with Gasteiger partial charge in [-0.25, -0.2) is 0 Å². The van der Waals surface area contributed by atoms with E-state index in [1.54, 1.807) is 0 Å². The smallest absolute Gasteiger partial charge is 0.197 e. The van der Waals surface area contributed by atoms with E-state index in [-0.39, 0.29) is 2.85 Å². The van der Waals surface area contributed by atoms with Gasteiger partial charge in [-0.15, -0.1) is 0 Å². The first kappa shape index (κ1) is 32.4. The summed E-state index contributed by atoms with van der Waals surface area (Å²) in [5.74, 6) is 1.64. The fraction of sp³-hybridized carbons (Fsp3) is 0.613. The second-order valence-electron chi connectivity index (χ2n) is 9.92. The highest BCUT2D eigenvalue weighted by molar-refractivity contribution is 7.57. The summed E-state index contributed by atoms with van der Waals surface area (Å²) in [7, 11) is -2.89. The van der Waals surface area contributed by atoms with Crippen molar-refractivity contribution in [3.8, 4) is 5.75 Å². The first-order valence-corrected chi connectivity index (χ1v) is 16.3. The Labute approximate surface area is 224 Å². The summed E-state index contributed by atoms with van der Waals surface area (Å²) in [5.41, 5.74) is 5.43. The van der Waals surface area contributed by atoms with Gasteiger partial charge in [0.25, 0.3) is 0 Å². The van der Waals surface area contributed by atoms with Gasteiger partial charge in [-0.3, -0.25) is 4.57 Å². The van der Waals surface area contributed by atoms with Crippen LogP contribution in [0.2, 0.25) is 0 Å². The molecule has 2 atom stereocenters. The van der Waals surface area contributed by atoms with Crippen LogP contribution in [0, 0.1) is 19.8 Å². The highest BCUT2D eigenvalue weighted by atomic mass is 31.2. The van der Waals surface area contributed by atoms with Crippen LogP contribution in [0.3, 0.4) is 0 Å².